The number of benzene rings is 4. The van der Waals surface area contributed by atoms with Gasteiger partial charge in [-0.2, -0.15) is 0 Å². The number of rotatable bonds is 8. The van der Waals surface area contributed by atoms with Gasteiger partial charge in [0.1, 0.15) is 23.3 Å². The topological polar surface area (TPSA) is 121 Å². The third kappa shape index (κ3) is 6.62. The molecule has 45 heavy (non-hydrogen) atoms. The highest BCUT2D eigenvalue weighted by atomic mass is 16.4. The van der Waals surface area contributed by atoms with E-state index in [4.69, 9.17) is 4.42 Å². The van der Waals surface area contributed by atoms with Crippen molar-refractivity contribution in [3.63, 3.8) is 0 Å². The maximum atomic E-state index is 12.7. The molecule has 0 saturated heterocycles. The monoisotopic (exact) mass is 599 g/mol. The second-order valence-electron chi connectivity index (χ2n) is 11.9. The quantitative estimate of drug-likeness (QED) is 0.161. The molecule has 0 aliphatic carbocycles. The predicted octanol–water partition coefficient (Wildman–Crippen LogP) is 8.25. The van der Waals surface area contributed by atoms with Crippen LogP contribution in [0.15, 0.2) is 108 Å². The highest BCUT2D eigenvalue weighted by molar-refractivity contribution is 6.09. The average molecular weight is 600 g/mol. The smallest absolute Gasteiger partial charge is 0.408 e. The summed E-state index contributed by atoms with van der Waals surface area (Å²) in [7, 11) is 0. The van der Waals surface area contributed by atoms with Gasteiger partial charge in [-0.05, 0) is 68.3 Å². The van der Waals surface area contributed by atoms with E-state index in [1.165, 1.54) is 11.2 Å². The minimum absolute atomic E-state index is 0.148. The molecular formula is C36H33N5O4. The molecule has 2 heterocycles. The summed E-state index contributed by atoms with van der Waals surface area (Å²) < 4.78 is 6.18. The van der Waals surface area contributed by atoms with Crippen molar-refractivity contribution in [2.75, 3.05) is 10.6 Å². The van der Waals surface area contributed by atoms with Crippen molar-refractivity contribution >= 4 is 51.1 Å². The van der Waals surface area contributed by atoms with E-state index in [0.717, 1.165) is 50.0 Å². The van der Waals surface area contributed by atoms with Crippen molar-refractivity contribution in [2.24, 2.45) is 0 Å². The highest BCUT2D eigenvalue weighted by Crippen LogP contribution is 2.35. The number of para-hydroxylation sites is 2. The third-order valence-electron chi connectivity index (χ3n) is 7.56. The normalized spacial score (nSPS) is 11.4. The maximum Gasteiger partial charge on any atom is 0.408 e. The Morgan fingerprint density at radius 3 is 2.24 bits per heavy atom. The van der Waals surface area contributed by atoms with Crippen LogP contribution in [0.5, 0.6) is 0 Å². The summed E-state index contributed by atoms with van der Waals surface area (Å²) in [6.45, 7) is 5.86. The second-order valence-corrected chi connectivity index (χ2v) is 11.9. The summed E-state index contributed by atoms with van der Waals surface area (Å²) >= 11 is 0. The van der Waals surface area contributed by atoms with Gasteiger partial charge >= 0.3 is 6.09 Å². The lowest BCUT2D eigenvalue weighted by Gasteiger charge is -2.33. The molecule has 0 spiro atoms. The van der Waals surface area contributed by atoms with Gasteiger partial charge in [0.05, 0.1) is 12.1 Å². The molecule has 6 rings (SSSR count). The van der Waals surface area contributed by atoms with Gasteiger partial charge in [0, 0.05) is 45.9 Å². The van der Waals surface area contributed by atoms with Crippen molar-refractivity contribution in [1.29, 1.82) is 0 Å². The second kappa shape index (κ2) is 12.1. The van der Waals surface area contributed by atoms with E-state index >= 15 is 0 Å². The van der Waals surface area contributed by atoms with Gasteiger partial charge in [0.2, 0.25) is 5.91 Å². The van der Waals surface area contributed by atoms with Crippen LogP contribution in [0.2, 0.25) is 0 Å². The first-order chi connectivity index (χ1) is 21.6. The molecule has 9 nitrogen and oxygen atoms in total. The Hall–Kier alpha value is -5.70. The SMILES string of the molecule is CC(C)(C)N(Cc1ccc(CC(=O)Nc2ccc(Nc3cc(-c4cccc5c4oc4ccccc45)ncn3)cc2)cc1)C(=O)O. The van der Waals surface area contributed by atoms with E-state index < -0.39 is 11.6 Å². The molecule has 2 aromatic heterocycles. The summed E-state index contributed by atoms with van der Waals surface area (Å²) in [6, 6.07) is 30.7. The zero-order valence-corrected chi connectivity index (χ0v) is 25.2. The predicted molar refractivity (Wildman–Crippen MR) is 177 cm³/mol. The molecule has 226 valence electrons. The molecular weight excluding hydrogens is 566 g/mol. The molecule has 4 aromatic carbocycles. The number of carbonyl (C=O) groups excluding carboxylic acids is 1. The molecule has 0 aliphatic rings. The van der Waals surface area contributed by atoms with Crippen LogP contribution in [0.4, 0.5) is 22.0 Å². The number of nitrogens with zero attached hydrogens (tertiary/aromatic N) is 3. The van der Waals surface area contributed by atoms with E-state index in [2.05, 4.69) is 20.6 Å². The van der Waals surface area contributed by atoms with Gasteiger partial charge in [0.15, 0.2) is 0 Å². The lowest BCUT2D eigenvalue weighted by Crippen LogP contribution is -2.44. The minimum Gasteiger partial charge on any atom is -0.465 e. The molecule has 0 atom stereocenters. The number of hydrogen-bond donors (Lipinski definition) is 3. The van der Waals surface area contributed by atoms with Crippen LogP contribution in [0.3, 0.4) is 0 Å². The van der Waals surface area contributed by atoms with Crippen LogP contribution in [-0.4, -0.2) is 37.5 Å². The largest absolute Gasteiger partial charge is 0.465 e. The number of furan rings is 1. The fraction of sp³-hybridized carbons (Fsp3) is 0.167. The summed E-state index contributed by atoms with van der Waals surface area (Å²) in [5.41, 5.74) is 5.90. The molecule has 6 aromatic rings. The maximum absolute atomic E-state index is 12.7. The van der Waals surface area contributed by atoms with Crippen LogP contribution >= 0.6 is 0 Å². The van der Waals surface area contributed by atoms with E-state index in [9.17, 15) is 14.7 Å². The van der Waals surface area contributed by atoms with Gasteiger partial charge in [-0.25, -0.2) is 14.8 Å². The first kappa shape index (κ1) is 29.4. The fourth-order valence-corrected chi connectivity index (χ4v) is 5.23. The minimum atomic E-state index is -0.967. The van der Waals surface area contributed by atoms with Gasteiger partial charge < -0.3 is 20.2 Å². The molecule has 0 fully saturated rings. The molecule has 3 N–H and O–H groups in total. The molecule has 2 amide bonds. The van der Waals surface area contributed by atoms with Crippen molar-refractivity contribution in [2.45, 2.75) is 39.3 Å². The van der Waals surface area contributed by atoms with Crippen LogP contribution in [-0.2, 0) is 17.8 Å². The number of fused-ring (bicyclic) bond motifs is 3. The number of anilines is 3. The summed E-state index contributed by atoms with van der Waals surface area (Å²) in [5.74, 6) is 0.479. The molecule has 0 bridgehead atoms. The Morgan fingerprint density at radius 1 is 0.822 bits per heavy atom. The Bertz CT molecular complexity index is 1990. The van der Waals surface area contributed by atoms with E-state index in [1.807, 2.05) is 118 Å². The van der Waals surface area contributed by atoms with Crippen LogP contribution in [0.25, 0.3) is 33.2 Å². The van der Waals surface area contributed by atoms with Gasteiger partial charge in [-0.3, -0.25) is 9.69 Å². The zero-order chi connectivity index (χ0) is 31.6. The van der Waals surface area contributed by atoms with Crippen molar-refractivity contribution in [3.05, 3.63) is 115 Å². The van der Waals surface area contributed by atoms with E-state index in [1.54, 1.807) is 0 Å². The van der Waals surface area contributed by atoms with Crippen molar-refractivity contribution < 1.29 is 19.1 Å². The van der Waals surface area contributed by atoms with Gasteiger partial charge in [0.25, 0.3) is 0 Å². The van der Waals surface area contributed by atoms with Crippen LogP contribution in [0, 0.1) is 0 Å². The average Bonchev–Trinajstić information content (AvgIpc) is 3.40. The Kier molecular flexibility index (Phi) is 7.91. The molecule has 0 radical (unpaired) electrons. The Labute approximate surface area is 260 Å². The molecule has 0 unspecified atom stereocenters. The lowest BCUT2D eigenvalue weighted by molar-refractivity contribution is -0.115. The standard InChI is InChI=1S/C36H33N5O4/c1-36(2,3)41(35(43)44)21-24-13-11-23(12-14-24)19-33(42)40-26-17-15-25(16-18-26)39-32-20-30(37-22-38-32)29-9-6-8-28-27-7-4-5-10-31(27)45-34(28)29/h4-18,20,22H,19,21H2,1-3H3,(H,40,42)(H,43,44)(H,37,38,39). The number of nitrogens with one attached hydrogen (secondary N) is 2. The molecule has 0 saturated carbocycles. The zero-order valence-electron chi connectivity index (χ0n) is 25.2. The molecule has 9 heteroatoms. The first-order valence-corrected chi connectivity index (χ1v) is 14.6. The number of amides is 2. The lowest BCUT2D eigenvalue weighted by atomic mass is 10.0. The van der Waals surface area contributed by atoms with Gasteiger partial charge in [-0.1, -0.05) is 54.6 Å². The first-order valence-electron chi connectivity index (χ1n) is 14.6. The van der Waals surface area contributed by atoms with Crippen LogP contribution in [0.1, 0.15) is 31.9 Å². The van der Waals surface area contributed by atoms with Crippen LogP contribution < -0.4 is 10.6 Å². The highest BCUT2D eigenvalue weighted by Gasteiger charge is 2.26. The van der Waals surface area contributed by atoms with Crippen molar-refractivity contribution in [1.82, 2.24) is 14.9 Å². The Morgan fingerprint density at radius 2 is 1.51 bits per heavy atom. The van der Waals surface area contributed by atoms with Crippen molar-refractivity contribution in [3.8, 4) is 11.3 Å². The number of carboxylic acid groups (broad SMARTS) is 1. The molecule has 0 aliphatic heterocycles. The summed E-state index contributed by atoms with van der Waals surface area (Å²) in [4.78, 5) is 34.6. The summed E-state index contributed by atoms with van der Waals surface area (Å²) in [5, 5.41) is 17.9. The number of carbonyl (C=O) groups is 2. The van der Waals surface area contributed by atoms with Gasteiger partial charge in [-0.15, -0.1) is 0 Å². The number of aromatic nitrogens is 2. The van der Waals surface area contributed by atoms with E-state index in [-0.39, 0.29) is 18.9 Å². The number of hydrogen-bond acceptors (Lipinski definition) is 6. The third-order valence-corrected chi connectivity index (χ3v) is 7.56. The summed E-state index contributed by atoms with van der Waals surface area (Å²) in [6.07, 6.45) is 0.752. The fourth-order valence-electron chi connectivity index (χ4n) is 5.23. The Balaban J connectivity index is 1.08. The van der Waals surface area contributed by atoms with E-state index in [0.29, 0.717) is 11.5 Å².